The molecule has 0 amide bonds. The number of benzene rings is 1. The first-order chi connectivity index (χ1) is 8.08. The van der Waals surface area contributed by atoms with Crippen LogP contribution >= 0.6 is 0 Å². The van der Waals surface area contributed by atoms with Gasteiger partial charge < -0.3 is 10.1 Å². The summed E-state index contributed by atoms with van der Waals surface area (Å²) in [5.74, 6) is 0. The Bertz CT molecular complexity index is 303. The van der Waals surface area contributed by atoms with Crippen LogP contribution in [0.15, 0.2) is 24.3 Å². The van der Waals surface area contributed by atoms with E-state index in [4.69, 9.17) is 4.74 Å². The SMILES string of the molecule is CC(C)NCCc1ccc(COC(C)C)cc1. The summed E-state index contributed by atoms with van der Waals surface area (Å²) in [6, 6.07) is 9.27. The van der Waals surface area contributed by atoms with Crippen molar-refractivity contribution in [1.82, 2.24) is 5.32 Å². The van der Waals surface area contributed by atoms with E-state index in [1.54, 1.807) is 0 Å². The molecule has 0 spiro atoms. The van der Waals surface area contributed by atoms with Gasteiger partial charge in [-0.2, -0.15) is 0 Å². The molecule has 1 rings (SSSR count). The monoisotopic (exact) mass is 235 g/mol. The third-order valence-electron chi connectivity index (χ3n) is 2.57. The predicted molar refractivity (Wildman–Crippen MR) is 73.2 cm³/mol. The van der Waals surface area contributed by atoms with E-state index in [1.807, 2.05) is 0 Å². The summed E-state index contributed by atoms with van der Waals surface area (Å²) in [5.41, 5.74) is 2.63. The van der Waals surface area contributed by atoms with Gasteiger partial charge in [0.1, 0.15) is 0 Å². The average Bonchev–Trinajstić information content (AvgIpc) is 2.27. The zero-order chi connectivity index (χ0) is 12.7. The van der Waals surface area contributed by atoms with Crippen molar-refractivity contribution < 1.29 is 4.74 Å². The molecule has 0 saturated carbocycles. The molecule has 1 aromatic carbocycles. The third-order valence-corrected chi connectivity index (χ3v) is 2.57. The Kier molecular flexibility index (Phi) is 6.23. The highest BCUT2D eigenvalue weighted by Gasteiger charge is 1.98. The minimum atomic E-state index is 0.296. The molecule has 2 nitrogen and oxygen atoms in total. The molecule has 0 aliphatic carbocycles. The summed E-state index contributed by atoms with van der Waals surface area (Å²) >= 11 is 0. The van der Waals surface area contributed by atoms with Crippen LogP contribution in [-0.4, -0.2) is 18.7 Å². The quantitative estimate of drug-likeness (QED) is 0.784. The van der Waals surface area contributed by atoms with Crippen molar-refractivity contribution in [2.45, 2.75) is 52.9 Å². The van der Waals surface area contributed by atoms with Gasteiger partial charge in [0.25, 0.3) is 0 Å². The molecule has 0 saturated heterocycles. The molecule has 0 radical (unpaired) electrons. The van der Waals surface area contributed by atoms with Gasteiger partial charge in [0.2, 0.25) is 0 Å². The van der Waals surface area contributed by atoms with Crippen LogP contribution in [0.2, 0.25) is 0 Å². The summed E-state index contributed by atoms with van der Waals surface area (Å²) in [5, 5.41) is 3.42. The van der Waals surface area contributed by atoms with Crippen LogP contribution in [0.5, 0.6) is 0 Å². The molecule has 0 fully saturated rings. The van der Waals surface area contributed by atoms with E-state index in [0.29, 0.717) is 18.8 Å². The summed E-state index contributed by atoms with van der Waals surface area (Å²) in [6.45, 7) is 10.2. The van der Waals surface area contributed by atoms with Crippen LogP contribution in [0.25, 0.3) is 0 Å². The van der Waals surface area contributed by atoms with Crippen molar-refractivity contribution in [2.24, 2.45) is 0 Å². The predicted octanol–water partition coefficient (Wildman–Crippen LogP) is 3.15. The molecular formula is C15H25NO. The number of hydrogen-bond donors (Lipinski definition) is 1. The molecule has 0 aliphatic rings. The highest BCUT2D eigenvalue weighted by Crippen LogP contribution is 2.07. The second-order valence-corrected chi connectivity index (χ2v) is 5.04. The van der Waals surface area contributed by atoms with Crippen LogP contribution in [0.3, 0.4) is 0 Å². The lowest BCUT2D eigenvalue weighted by molar-refractivity contribution is 0.0657. The first-order valence-corrected chi connectivity index (χ1v) is 6.50. The number of hydrogen-bond acceptors (Lipinski definition) is 2. The molecule has 0 aromatic heterocycles. The van der Waals surface area contributed by atoms with Crippen molar-refractivity contribution in [3.8, 4) is 0 Å². The average molecular weight is 235 g/mol. The van der Waals surface area contributed by atoms with Gasteiger partial charge in [0.05, 0.1) is 12.7 Å². The number of nitrogens with one attached hydrogen (secondary N) is 1. The molecule has 0 heterocycles. The van der Waals surface area contributed by atoms with Crippen molar-refractivity contribution in [1.29, 1.82) is 0 Å². The Balaban J connectivity index is 2.34. The molecule has 0 aliphatic heterocycles. The lowest BCUT2D eigenvalue weighted by Gasteiger charge is -2.09. The fraction of sp³-hybridized carbons (Fsp3) is 0.600. The van der Waals surface area contributed by atoms with Gasteiger partial charge in [-0.15, -0.1) is 0 Å². The number of ether oxygens (including phenoxy) is 1. The van der Waals surface area contributed by atoms with Crippen LogP contribution in [-0.2, 0) is 17.8 Å². The van der Waals surface area contributed by atoms with Crippen molar-refractivity contribution in [3.63, 3.8) is 0 Å². The van der Waals surface area contributed by atoms with Crippen LogP contribution in [0.1, 0.15) is 38.8 Å². The first-order valence-electron chi connectivity index (χ1n) is 6.50. The second kappa shape index (κ2) is 7.46. The summed E-state index contributed by atoms with van der Waals surface area (Å²) in [7, 11) is 0. The lowest BCUT2D eigenvalue weighted by Crippen LogP contribution is -2.24. The molecule has 96 valence electrons. The highest BCUT2D eigenvalue weighted by atomic mass is 16.5. The van der Waals surface area contributed by atoms with Gasteiger partial charge in [-0.05, 0) is 37.9 Å². The Morgan fingerprint density at radius 2 is 1.59 bits per heavy atom. The maximum absolute atomic E-state index is 5.57. The van der Waals surface area contributed by atoms with Crippen molar-refractivity contribution >= 4 is 0 Å². The van der Waals surface area contributed by atoms with Crippen LogP contribution < -0.4 is 5.32 Å². The third kappa shape index (κ3) is 6.44. The molecule has 0 atom stereocenters. The molecule has 1 aromatic rings. The van der Waals surface area contributed by atoms with Gasteiger partial charge in [-0.25, -0.2) is 0 Å². The first kappa shape index (κ1) is 14.2. The second-order valence-electron chi connectivity index (χ2n) is 5.04. The van der Waals surface area contributed by atoms with E-state index < -0.39 is 0 Å². The van der Waals surface area contributed by atoms with Gasteiger partial charge in [-0.1, -0.05) is 38.1 Å². The minimum absolute atomic E-state index is 0.296. The number of rotatable bonds is 7. The fourth-order valence-electron chi connectivity index (χ4n) is 1.57. The summed E-state index contributed by atoms with van der Waals surface area (Å²) < 4.78 is 5.57. The van der Waals surface area contributed by atoms with E-state index in [-0.39, 0.29) is 0 Å². The topological polar surface area (TPSA) is 21.3 Å². The summed E-state index contributed by atoms with van der Waals surface area (Å²) in [6.07, 6.45) is 1.38. The van der Waals surface area contributed by atoms with E-state index in [2.05, 4.69) is 57.3 Å². The molecule has 0 unspecified atom stereocenters. The zero-order valence-electron chi connectivity index (χ0n) is 11.5. The normalized spacial score (nSPS) is 11.4. The maximum Gasteiger partial charge on any atom is 0.0720 e. The standard InChI is InChI=1S/C15H25NO/c1-12(2)16-10-9-14-5-7-15(8-6-14)11-17-13(3)4/h5-8,12-13,16H,9-11H2,1-4H3. The van der Waals surface area contributed by atoms with Gasteiger partial charge in [0, 0.05) is 6.04 Å². The van der Waals surface area contributed by atoms with Crippen LogP contribution in [0, 0.1) is 0 Å². The maximum atomic E-state index is 5.57. The Morgan fingerprint density at radius 3 is 2.12 bits per heavy atom. The molecule has 2 heteroatoms. The summed E-state index contributed by atoms with van der Waals surface area (Å²) in [4.78, 5) is 0. The van der Waals surface area contributed by atoms with Gasteiger partial charge in [0.15, 0.2) is 0 Å². The Hall–Kier alpha value is -0.860. The van der Waals surface area contributed by atoms with Crippen molar-refractivity contribution in [3.05, 3.63) is 35.4 Å². The lowest BCUT2D eigenvalue weighted by atomic mass is 10.1. The molecule has 17 heavy (non-hydrogen) atoms. The van der Waals surface area contributed by atoms with E-state index in [0.717, 1.165) is 13.0 Å². The zero-order valence-corrected chi connectivity index (χ0v) is 11.5. The van der Waals surface area contributed by atoms with Gasteiger partial charge >= 0.3 is 0 Å². The smallest absolute Gasteiger partial charge is 0.0720 e. The molecule has 0 bridgehead atoms. The Morgan fingerprint density at radius 1 is 1.00 bits per heavy atom. The van der Waals surface area contributed by atoms with Gasteiger partial charge in [-0.3, -0.25) is 0 Å². The Labute approximate surface area is 105 Å². The van der Waals surface area contributed by atoms with Crippen molar-refractivity contribution in [2.75, 3.05) is 6.54 Å². The van der Waals surface area contributed by atoms with E-state index in [1.165, 1.54) is 11.1 Å². The molecule has 1 N–H and O–H groups in total. The highest BCUT2D eigenvalue weighted by molar-refractivity contribution is 5.22. The molecular weight excluding hydrogens is 210 g/mol. The minimum Gasteiger partial charge on any atom is -0.374 e. The van der Waals surface area contributed by atoms with E-state index in [9.17, 15) is 0 Å². The van der Waals surface area contributed by atoms with Crippen LogP contribution in [0.4, 0.5) is 0 Å². The largest absolute Gasteiger partial charge is 0.374 e. The fourth-order valence-corrected chi connectivity index (χ4v) is 1.57. The van der Waals surface area contributed by atoms with E-state index >= 15 is 0 Å².